The van der Waals surface area contributed by atoms with Gasteiger partial charge in [0.15, 0.2) is 11.5 Å². The summed E-state index contributed by atoms with van der Waals surface area (Å²) in [6.07, 6.45) is -3.55. The Kier molecular flexibility index (Phi) is 5.73. The van der Waals surface area contributed by atoms with E-state index in [4.69, 9.17) is 0 Å². The molecule has 4 N–H and O–H groups in total. The van der Waals surface area contributed by atoms with Crippen LogP contribution in [-0.2, 0) is 22.2 Å². The number of fused-ring (bicyclic) bond motifs is 2. The number of ether oxygens (including phenoxy) is 2. The van der Waals surface area contributed by atoms with E-state index in [-0.39, 0.29) is 34.8 Å². The van der Waals surface area contributed by atoms with Crippen LogP contribution in [0.5, 0.6) is 11.5 Å². The number of hydrogen-bond acceptors (Lipinski definition) is 6. The highest BCUT2D eigenvalue weighted by Gasteiger charge is 2.52. The van der Waals surface area contributed by atoms with Crippen LogP contribution in [0.25, 0.3) is 10.9 Å². The maximum atomic E-state index is 13.4. The largest absolute Gasteiger partial charge is 0.586 e. The number of aliphatic hydroxyl groups excluding tert-OH is 3. The Balaban J connectivity index is 0.00000178. The van der Waals surface area contributed by atoms with Crippen molar-refractivity contribution in [2.75, 3.05) is 18.5 Å². The molecule has 2 heterocycles. The predicted molar refractivity (Wildman–Crippen MR) is 134 cm³/mol. The molecule has 2 aromatic carbocycles. The van der Waals surface area contributed by atoms with Gasteiger partial charge >= 0.3 is 6.29 Å². The second-order valence-electron chi connectivity index (χ2n) is 10.2. The van der Waals surface area contributed by atoms with E-state index in [1.165, 1.54) is 12.1 Å². The molecule has 2 aliphatic rings. The molecule has 1 fully saturated rings. The van der Waals surface area contributed by atoms with Crippen molar-refractivity contribution in [1.29, 1.82) is 0 Å². The number of aliphatic hydroxyl groups is 3. The summed E-state index contributed by atoms with van der Waals surface area (Å²) in [7, 11) is 0. The van der Waals surface area contributed by atoms with E-state index in [0.717, 1.165) is 16.6 Å². The van der Waals surface area contributed by atoms with Crippen molar-refractivity contribution in [2.24, 2.45) is 0 Å². The van der Waals surface area contributed by atoms with Gasteiger partial charge in [0.25, 0.3) is 0 Å². The summed E-state index contributed by atoms with van der Waals surface area (Å²) >= 11 is 0. The van der Waals surface area contributed by atoms with Crippen LogP contribution in [0.4, 0.5) is 14.5 Å². The number of benzene rings is 2. The Bertz CT molecular complexity index is 1350. The Morgan fingerprint density at radius 2 is 1.86 bits per heavy atom. The van der Waals surface area contributed by atoms with Gasteiger partial charge < -0.3 is 34.7 Å². The van der Waals surface area contributed by atoms with E-state index in [1.807, 2.05) is 36.6 Å². The SMILES string of the molecule is CC(C)(CO)c1cc2cc(NC(=O)C3(c4ccc5c(c4)OC(F)(F)O5)CC3)ccc2n1C[C@@H](O)CO.[HH].[HH].[HH]. The molecule has 198 valence electrons. The van der Waals surface area contributed by atoms with Crippen molar-refractivity contribution < 1.29 is 42.6 Å². The average molecular weight is 509 g/mol. The molecular weight excluding hydrogens is 474 g/mol. The summed E-state index contributed by atoms with van der Waals surface area (Å²) < 4.78 is 37.7. The molecule has 0 unspecified atom stereocenters. The number of halogens is 2. The summed E-state index contributed by atoms with van der Waals surface area (Å²) in [4.78, 5) is 13.3. The Morgan fingerprint density at radius 3 is 2.53 bits per heavy atom. The molecule has 1 amide bonds. The summed E-state index contributed by atoms with van der Waals surface area (Å²) in [5.74, 6) is -0.412. The lowest BCUT2D eigenvalue weighted by Gasteiger charge is -2.25. The molecule has 1 saturated carbocycles. The second-order valence-corrected chi connectivity index (χ2v) is 10.2. The van der Waals surface area contributed by atoms with E-state index in [0.29, 0.717) is 24.1 Å². The van der Waals surface area contributed by atoms with E-state index in [2.05, 4.69) is 14.8 Å². The molecule has 36 heavy (non-hydrogen) atoms. The quantitative estimate of drug-likeness (QED) is 0.366. The topological polar surface area (TPSA) is 113 Å². The highest BCUT2D eigenvalue weighted by Crippen LogP contribution is 2.52. The van der Waals surface area contributed by atoms with Gasteiger partial charge in [0.05, 0.1) is 31.3 Å². The van der Waals surface area contributed by atoms with Crippen molar-refractivity contribution in [1.82, 2.24) is 4.57 Å². The molecule has 0 bridgehead atoms. The van der Waals surface area contributed by atoms with Gasteiger partial charge in [-0.25, -0.2) is 0 Å². The lowest BCUT2D eigenvalue weighted by atomic mass is 9.90. The number of rotatable bonds is 8. The minimum atomic E-state index is -3.72. The number of nitrogens with one attached hydrogen (secondary N) is 1. The molecule has 0 saturated heterocycles. The number of anilines is 1. The maximum Gasteiger partial charge on any atom is 0.586 e. The van der Waals surface area contributed by atoms with Crippen LogP contribution in [0.2, 0.25) is 0 Å². The second kappa shape index (κ2) is 8.43. The van der Waals surface area contributed by atoms with Gasteiger partial charge in [0.1, 0.15) is 0 Å². The zero-order chi connectivity index (χ0) is 25.9. The van der Waals surface area contributed by atoms with Gasteiger partial charge in [-0.3, -0.25) is 4.79 Å². The molecule has 1 aromatic heterocycles. The molecule has 5 rings (SSSR count). The lowest BCUT2D eigenvalue weighted by Crippen LogP contribution is -2.29. The highest BCUT2D eigenvalue weighted by molar-refractivity contribution is 6.02. The van der Waals surface area contributed by atoms with Crippen LogP contribution in [-0.4, -0.2) is 51.4 Å². The van der Waals surface area contributed by atoms with Gasteiger partial charge in [-0.15, -0.1) is 8.78 Å². The average Bonchev–Trinajstić information content (AvgIpc) is 3.48. The van der Waals surface area contributed by atoms with Gasteiger partial charge in [0.2, 0.25) is 5.91 Å². The molecule has 0 radical (unpaired) electrons. The van der Waals surface area contributed by atoms with Crippen LogP contribution in [0, 0.1) is 0 Å². The molecule has 1 atom stereocenters. The van der Waals surface area contributed by atoms with Gasteiger partial charge in [-0.05, 0) is 54.8 Å². The van der Waals surface area contributed by atoms with Crippen molar-refractivity contribution >= 4 is 22.5 Å². The summed E-state index contributed by atoms with van der Waals surface area (Å²) in [5.41, 5.74) is 1.26. The normalized spacial score (nSPS) is 18.3. The third kappa shape index (κ3) is 4.19. The first-order valence-electron chi connectivity index (χ1n) is 11.7. The molecule has 1 aliphatic carbocycles. The van der Waals surface area contributed by atoms with Gasteiger partial charge in [-0.1, -0.05) is 19.9 Å². The van der Waals surface area contributed by atoms with Crippen LogP contribution in [0.3, 0.4) is 0 Å². The molecule has 3 aromatic rings. The summed E-state index contributed by atoms with van der Waals surface area (Å²) in [6, 6.07) is 11.7. The number of aromatic nitrogens is 1. The minimum Gasteiger partial charge on any atom is -0.395 e. The number of hydrogen-bond donors (Lipinski definition) is 4. The monoisotopic (exact) mass is 508 g/mol. The fourth-order valence-corrected chi connectivity index (χ4v) is 4.72. The Hall–Kier alpha value is -3.21. The van der Waals surface area contributed by atoms with Crippen LogP contribution in [0.1, 0.15) is 42.2 Å². The molecule has 0 spiro atoms. The minimum absolute atomic E-state index is 0. The van der Waals surface area contributed by atoms with Crippen molar-refractivity contribution in [3.8, 4) is 11.5 Å². The predicted octanol–water partition coefficient (Wildman–Crippen LogP) is 3.99. The first kappa shape index (κ1) is 24.5. The number of amides is 1. The number of alkyl halides is 2. The van der Waals surface area contributed by atoms with Crippen LogP contribution < -0.4 is 14.8 Å². The zero-order valence-corrected chi connectivity index (χ0v) is 19.9. The Morgan fingerprint density at radius 1 is 1.14 bits per heavy atom. The molecule has 1 aliphatic heterocycles. The van der Waals surface area contributed by atoms with E-state index in [9.17, 15) is 28.9 Å². The van der Waals surface area contributed by atoms with Crippen LogP contribution in [0.15, 0.2) is 42.5 Å². The molecule has 10 heteroatoms. The summed E-state index contributed by atoms with van der Waals surface area (Å²) in [5, 5.41) is 33.1. The third-order valence-electron chi connectivity index (χ3n) is 6.99. The van der Waals surface area contributed by atoms with Gasteiger partial charge in [0, 0.05) is 32.0 Å². The zero-order valence-electron chi connectivity index (χ0n) is 19.9. The fourth-order valence-electron chi connectivity index (χ4n) is 4.72. The fraction of sp³-hybridized carbons (Fsp3) is 0.423. The smallest absolute Gasteiger partial charge is 0.395 e. The molecule has 8 nitrogen and oxygen atoms in total. The first-order chi connectivity index (χ1) is 17.0. The van der Waals surface area contributed by atoms with Crippen molar-refractivity contribution in [3.63, 3.8) is 0 Å². The number of nitrogens with zero attached hydrogens (tertiary/aromatic N) is 1. The molecular formula is C26H34F2N2O6. The third-order valence-corrected chi connectivity index (χ3v) is 6.99. The maximum absolute atomic E-state index is 13.4. The summed E-state index contributed by atoms with van der Waals surface area (Å²) in [6.45, 7) is 3.39. The lowest BCUT2D eigenvalue weighted by molar-refractivity contribution is -0.286. The van der Waals surface area contributed by atoms with Crippen molar-refractivity contribution in [2.45, 2.75) is 56.5 Å². The van der Waals surface area contributed by atoms with E-state index in [1.54, 1.807) is 12.1 Å². The van der Waals surface area contributed by atoms with E-state index >= 15 is 0 Å². The highest BCUT2D eigenvalue weighted by atomic mass is 19.3. The first-order valence-corrected chi connectivity index (χ1v) is 11.7. The van der Waals surface area contributed by atoms with Crippen LogP contribution >= 0.6 is 0 Å². The number of carbonyl (C=O) groups is 1. The van der Waals surface area contributed by atoms with Crippen molar-refractivity contribution in [3.05, 3.63) is 53.7 Å². The van der Waals surface area contributed by atoms with Gasteiger partial charge in [-0.2, -0.15) is 0 Å². The number of carbonyl (C=O) groups excluding carboxylic acids is 1. The standard InChI is InChI=1S/C26H28F2N2O6.3H2/c1-24(2,14-32)22-10-15-9-17(4-5-19(15)30(22)12-18(33)13-31)29-23(34)25(7-8-25)16-3-6-20-21(11-16)36-26(27,28)35-20;;;/h3-6,9-11,18,31-33H,7-8,12-14H2,1-2H3,(H,29,34);3*1H/t18-;;;/m1.../s1. The van der Waals surface area contributed by atoms with E-state index < -0.39 is 29.8 Å². The Labute approximate surface area is 210 Å².